The summed E-state index contributed by atoms with van der Waals surface area (Å²) in [5.74, 6) is 1.70. The Bertz CT molecular complexity index is 481. The minimum absolute atomic E-state index is 0.818. The van der Waals surface area contributed by atoms with Crippen molar-refractivity contribution in [2.24, 2.45) is 0 Å². The van der Waals surface area contributed by atoms with E-state index in [0.717, 1.165) is 23.3 Å². The Morgan fingerprint density at radius 3 is 2.53 bits per heavy atom. The van der Waals surface area contributed by atoms with Gasteiger partial charge in [0.05, 0.1) is 7.11 Å². The van der Waals surface area contributed by atoms with Crippen molar-refractivity contribution in [2.45, 2.75) is 13.5 Å². The van der Waals surface area contributed by atoms with Crippen molar-refractivity contribution in [1.29, 1.82) is 0 Å². The maximum absolute atomic E-state index is 5.13. The summed E-state index contributed by atoms with van der Waals surface area (Å²) in [6, 6.07) is 8.05. The summed E-state index contributed by atoms with van der Waals surface area (Å²) >= 11 is 1.42. The molecule has 0 amide bonds. The average Bonchev–Trinajstić information content (AvgIpc) is 2.77. The Balaban J connectivity index is 2.04. The Kier molecular flexibility index (Phi) is 3.58. The average molecular weight is 249 g/mol. The van der Waals surface area contributed by atoms with E-state index in [4.69, 9.17) is 4.74 Å². The molecular weight excluding hydrogens is 234 g/mol. The number of methoxy groups -OCH3 is 1. The molecule has 0 aliphatic heterocycles. The molecule has 0 N–H and O–H groups in total. The highest BCUT2D eigenvalue weighted by atomic mass is 32.1. The van der Waals surface area contributed by atoms with Gasteiger partial charge in [0.25, 0.3) is 0 Å². The number of anilines is 1. The van der Waals surface area contributed by atoms with Crippen LogP contribution in [-0.2, 0) is 6.54 Å². The van der Waals surface area contributed by atoms with Gasteiger partial charge in [-0.3, -0.25) is 0 Å². The first-order chi connectivity index (χ1) is 8.19. The lowest BCUT2D eigenvalue weighted by molar-refractivity contribution is 0.414. The van der Waals surface area contributed by atoms with E-state index in [9.17, 15) is 0 Å². The summed E-state index contributed by atoms with van der Waals surface area (Å²) in [6.07, 6.45) is 0. The highest BCUT2D eigenvalue weighted by Gasteiger charge is 2.07. The number of ether oxygens (including phenoxy) is 1. The number of hydrogen-bond donors (Lipinski definition) is 0. The largest absolute Gasteiger partial charge is 0.497 e. The fourth-order valence-corrected chi connectivity index (χ4v) is 2.15. The lowest BCUT2D eigenvalue weighted by atomic mass is 10.2. The van der Waals surface area contributed by atoms with E-state index in [2.05, 4.69) is 26.4 Å². The smallest absolute Gasteiger partial charge is 0.205 e. The molecule has 1 aromatic heterocycles. The van der Waals surface area contributed by atoms with Gasteiger partial charge in [-0.05, 0) is 24.6 Å². The first kappa shape index (κ1) is 11.9. The zero-order valence-electron chi connectivity index (χ0n) is 10.2. The van der Waals surface area contributed by atoms with Crippen LogP contribution in [0.4, 0.5) is 5.13 Å². The lowest BCUT2D eigenvalue weighted by Gasteiger charge is -2.15. The van der Waals surface area contributed by atoms with Gasteiger partial charge in [-0.15, -0.1) is 0 Å². The second-order valence-electron chi connectivity index (χ2n) is 3.83. The van der Waals surface area contributed by atoms with E-state index in [0.29, 0.717) is 0 Å². The van der Waals surface area contributed by atoms with E-state index >= 15 is 0 Å². The number of rotatable bonds is 4. The predicted molar refractivity (Wildman–Crippen MR) is 69.7 cm³/mol. The van der Waals surface area contributed by atoms with E-state index in [1.165, 1.54) is 17.1 Å². The molecule has 90 valence electrons. The van der Waals surface area contributed by atoms with Crippen molar-refractivity contribution < 1.29 is 4.74 Å². The number of nitrogens with zero attached hydrogens (tertiary/aromatic N) is 3. The number of aromatic nitrogens is 2. The van der Waals surface area contributed by atoms with Gasteiger partial charge in [-0.25, -0.2) is 4.98 Å². The van der Waals surface area contributed by atoms with Crippen molar-refractivity contribution in [2.75, 3.05) is 19.1 Å². The molecule has 0 spiro atoms. The van der Waals surface area contributed by atoms with Crippen LogP contribution in [0.3, 0.4) is 0 Å². The summed E-state index contributed by atoms with van der Waals surface area (Å²) < 4.78 is 9.30. The molecule has 0 unspecified atom stereocenters. The molecule has 2 rings (SSSR count). The Morgan fingerprint density at radius 1 is 1.29 bits per heavy atom. The molecule has 0 saturated heterocycles. The van der Waals surface area contributed by atoms with Gasteiger partial charge in [-0.1, -0.05) is 12.1 Å². The molecule has 2 aromatic rings. The number of aryl methyl sites for hydroxylation is 1. The van der Waals surface area contributed by atoms with Crippen LogP contribution in [0, 0.1) is 6.92 Å². The van der Waals surface area contributed by atoms with Crippen molar-refractivity contribution in [3.05, 3.63) is 35.7 Å². The molecule has 5 heteroatoms. The molecule has 0 fully saturated rings. The van der Waals surface area contributed by atoms with Gasteiger partial charge in [-0.2, -0.15) is 4.37 Å². The van der Waals surface area contributed by atoms with Crippen LogP contribution < -0.4 is 9.64 Å². The molecule has 0 saturated carbocycles. The predicted octanol–water partition coefficient (Wildman–Crippen LogP) is 2.49. The van der Waals surface area contributed by atoms with Gasteiger partial charge >= 0.3 is 0 Å². The van der Waals surface area contributed by atoms with Crippen molar-refractivity contribution in [3.63, 3.8) is 0 Å². The van der Waals surface area contributed by atoms with E-state index in [1.807, 2.05) is 26.1 Å². The van der Waals surface area contributed by atoms with Gasteiger partial charge in [0.2, 0.25) is 5.13 Å². The summed E-state index contributed by atoms with van der Waals surface area (Å²) in [6.45, 7) is 2.72. The van der Waals surface area contributed by atoms with Crippen LogP contribution in [-0.4, -0.2) is 23.5 Å². The summed E-state index contributed by atoms with van der Waals surface area (Å²) in [4.78, 5) is 6.44. The number of hydrogen-bond acceptors (Lipinski definition) is 5. The van der Waals surface area contributed by atoms with Crippen LogP contribution in [0.15, 0.2) is 24.3 Å². The van der Waals surface area contributed by atoms with Gasteiger partial charge in [0.15, 0.2) is 0 Å². The highest BCUT2D eigenvalue weighted by molar-refractivity contribution is 7.09. The molecule has 0 radical (unpaired) electrons. The molecule has 0 aliphatic carbocycles. The highest BCUT2D eigenvalue weighted by Crippen LogP contribution is 2.19. The molecule has 1 heterocycles. The molecule has 17 heavy (non-hydrogen) atoms. The summed E-state index contributed by atoms with van der Waals surface area (Å²) in [5, 5.41) is 0.943. The Hall–Kier alpha value is -1.62. The maximum Gasteiger partial charge on any atom is 0.205 e. The van der Waals surface area contributed by atoms with E-state index in [-0.39, 0.29) is 0 Å². The standard InChI is InChI=1S/C12H15N3OS/c1-9-13-12(17-14-9)15(2)8-10-4-6-11(16-3)7-5-10/h4-7H,8H2,1-3H3. The Labute approximate surface area is 105 Å². The maximum atomic E-state index is 5.13. The zero-order valence-corrected chi connectivity index (χ0v) is 11.0. The molecule has 0 bridgehead atoms. The van der Waals surface area contributed by atoms with Crippen LogP contribution in [0.5, 0.6) is 5.75 Å². The fraction of sp³-hybridized carbons (Fsp3) is 0.333. The normalized spacial score (nSPS) is 10.3. The fourth-order valence-electron chi connectivity index (χ4n) is 1.51. The first-order valence-electron chi connectivity index (χ1n) is 5.33. The monoisotopic (exact) mass is 249 g/mol. The van der Waals surface area contributed by atoms with Gasteiger partial charge in [0, 0.05) is 25.1 Å². The molecular formula is C12H15N3OS. The van der Waals surface area contributed by atoms with Crippen LogP contribution >= 0.6 is 11.5 Å². The van der Waals surface area contributed by atoms with Crippen LogP contribution in [0.25, 0.3) is 0 Å². The van der Waals surface area contributed by atoms with E-state index in [1.54, 1.807) is 7.11 Å². The zero-order chi connectivity index (χ0) is 12.3. The van der Waals surface area contributed by atoms with Crippen molar-refractivity contribution >= 4 is 16.7 Å². The SMILES string of the molecule is COc1ccc(CN(C)c2nc(C)ns2)cc1. The third-order valence-electron chi connectivity index (χ3n) is 2.42. The number of benzene rings is 1. The van der Waals surface area contributed by atoms with E-state index < -0.39 is 0 Å². The minimum Gasteiger partial charge on any atom is -0.497 e. The second-order valence-corrected chi connectivity index (χ2v) is 4.56. The van der Waals surface area contributed by atoms with Gasteiger partial charge < -0.3 is 9.64 Å². The summed E-state index contributed by atoms with van der Waals surface area (Å²) in [7, 11) is 3.69. The molecule has 0 aliphatic rings. The topological polar surface area (TPSA) is 38.2 Å². The molecule has 1 aromatic carbocycles. The quantitative estimate of drug-likeness (QED) is 0.834. The van der Waals surface area contributed by atoms with Crippen molar-refractivity contribution in [1.82, 2.24) is 9.36 Å². The third kappa shape index (κ3) is 2.94. The third-order valence-corrected chi connectivity index (χ3v) is 3.34. The lowest BCUT2D eigenvalue weighted by Crippen LogP contribution is -2.15. The van der Waals surface area contributed by atoms with Gasteiger partial charge in [0.1, 0.15) is 11.6 Å². The first-order valence-corrected chi connectivity index (χ1v) is 6.11. The minimum atomic E-state index is 0.818. The summed E-state index contributed by atoms with van der Waals surface area (Å²) in [5.41, 5.74) is 1.22. The Morgan fingerprint density at radius 2 is 2.00 bits per heavy atom. The van der Waals surface area contributed by atoms with Crippen LogP contribution in [0.1, 0.15) is 11.4 Å². The van der Waals surface area contributed by atoms with Crippen molar-refractivity contribution in [3.8, 4) is 5.75 Å². The van der Waals surface area contributed by atoms with Crippen LogP contribution in [0.2, 0.25) is 0 Å². The molecule has 4 nitrogen and oxygen atoms in total. The molecule has 0 atom stereocenters. The second kappa shape index (κ2) is 5.14.